The monoisotopic (exact) mass is 450 g/mol. The average Bonchev–Trinajstić information content (AvgIpc) is 2.44. The Morgan fingerprint density at radius 1 is 0.545 bits per heavy atom. The van der Waals surface area contributed by atoms with E-state index in [4.69, 9.17) is 0 Å². The molecule has 0 N–H and O–H groups in total. The molecule has 0 unspecified atom stereocenters. The summed E-state index contributed by atoms with van der Waals surface area (Å²) < 4.78 is 77.4. The van der Waals surface area contributed by atoms with E-state index in [9.17, 15) is 26.3 Å². The van der Waals surface area contributed by atoms with Gasteiger partial charge in [-0.3, -0.25) is 0 Å². The van der Waals surface area contributed by atoms with Gasteiger partial charge in [-0.25, -0.2) is 0 Å². The second-order valence-electron chi connectivity index (χ2n) is 4.15. The van der Waals surface area contributed by atoms with E-state index in [1.54, 1.807) is 0 Å². The van der Waals surface area contributed by atoms with Gasteiger partial charge in [0.05, 0.1) is 0 Å². The maximum absolute atomic E-state index is 12.9. The normalized spacial score (nSPS) is 12.5. The molecule has 2 rings (SSSR count). The van der Waals surface area contributed by atoms with E-state index in [2.05, 4.69) is 0 Å². The van der Waals surface area contributed by atoms with Gasteiger partial charge < -0.3 is 0 Å². The number of alkyl halides is 6. The summed E-state index contributed by atoms with van der Waals surface area (Å²) in [7, 11) is 0. The van der Waals surface area contributed by atoms with Crippen LogP contribution in [0.4, 0.5) is 26.3 Å². The molecule has 0 heterocycles. The van der Waals surface area contributed by atoms with Crippen molar-refractivity contribution in [3.63, 3.8) is 0 Å². The number of hydrogen-bond acceptors (Lipinski definition) is 0. The Bertz CT molecular complexity index is 591. The molecule has 0 fully saturated rings. The van der Waals surface area contributed by atoms with E-state index in [-0.39, 0.29) is 8.92 Å². The molecular weight excluding hydrogens is 440 g/mol. The van der Waals surface area contributed by atoms with Crippen molar-refractivity contribution in [2.24, 2.45) is 0 Å². The Balaban J connectivity index is 2.26. The molecule has 8 heteroatoms. The van der Waals surface area contributed by atoms with Gasteiger partial charge in [0.25, 0.3) is 0 Å². The van der Waals surface area contributed by atoms with Gasteiger partial charge in [0.15, 0.2) is 0 Å². The molecule has 0 spiro atoms. The fourth-order valence-corrected chi connectivity index (χ4v) is 8.85. The standard InChI is InChI=1S/C14H8F6Se2/c15-13(16,17)9-5-1-3-7-11(9)21-22-12-8-4-2-6-10(12)14(18,19)20/h1-8H. The van der Waals surface area contributed by atoms with Crippen molar-refractivity contribution < 1.29 is 26.3 Å². The van der Waals surface area contributed by atoms with Crippen LogP contribution in [0.2, 0.25) is 0 Å². The van der Waals surface area contributed by atoms with E-state index >= 15 is 0 Å². The Morgan fingerprint density at radius 2 is 0.864 bits per heavy atom. The van der Waals surface area contributed by atoms with Crippen LogP contribution in [0.15, 0.2) is 48.5 Å². The van der Waals surface area contributed by atoms with Crippen LogP contribution < -0.4 is 8.92 Å². The van der Waals surface area contributed by atoms with Gasteiger partial charge in [-0.1, -0.05) is 0 Å². The van der Waals surface area contributed by atoms with E-state index in [0.717, 1.165) is 12.1 Å². The van der Waals surface area contributed by atoms with Crippen molar-refractivity contribution in [2.75, 3.05) is 0 Å². The van der Waals surface area contributed by atoms with E-state index in [1.165, 1.54) is 36.4 Å². The van der Waals surface area contributed by atoms with Crippen molar-refractivity contribution in [3.05, 3.63) is 59.7 Å². The van der Waals surface area contributed by atoms with Crippen molar-refractivity contribution >= 4 is 35.2 Å². The topological polar surface area (TPSA) is 0 Å². The maximum atomic E-state index is 12.9. The summed E-state index contributed by atoms with van der Waals surface area (Å²) in [6.07, 6.45) is -8.98. The molecule has 0 saturated heterocycles. The molecule has 118 valence electrons. The van der Waals surface area contributed by atoms with Crippen LogP contribution in [-0.4, -0.2) is 26.3 Å². The summed E-state index contributed by atoms with van der Waals surface area (Å²) in [5.41, 5.74) is -1.53. The molecule has 0 bridgehead atoms. The minimum absolute atomic E-state index is 0.0828. The first kappa shape index (κ1) is 17.4. The zero-order chi connectivity index (χ0) is 16.4. The third kappa shape index (κ3) is 4.29. The Morgan fingerprint density at radius 3 is 1.18 bits per heavy atom. The zero-order valence-corrected chi connectivity index (χ0v) is 14.1. The molecule has 0 atom stereocenters. The fourth-order valence-electron chi connectivity index (χ4n) is 1.64. The quantitative estimate of drug-likeness (QED) is 0.501. The molecule has 2 aromatic carbocycles. The summed E-state index contributed by atoms with van der Waals surface area (Å²) in [4.78, 5) is 0. The van der Waals surface area contributed by atoms with Crippen LogP contribution in [0, 0.1) is 0 Å². The van der Waals surface area contributed by atoms with E-state index in [1.807, 2.05) is 0 Å². The Labute approximate surface area is 133 Å². The van der Waals surface area contributed by atoms with E-state index < -0.39 is 49.7 Å². The second kappa shape index (κ2) is 6.67. The van der Waals surface area contributed by atoms with Gasteiger partial charge in [-0.15, -0.1) is 0 Å². The number of benzene rings is 2. The first-order chi connectivity index (χ1) is 10.2. The first-order valence-electron chi connectivity index (χ1n) is 5.86. The van der Waals surface area contributed by atoms with Crippen LogP contribution in [0.3, 0.4) is 0 Å². The molecule has 0 radical (unpaired) electrons. The summed E-state index contributed by atoms with van der Waals surface area (Å²) in [5, 5.41) is 0. The van der Waals surface area contributed by atoms with Gasteiger partial charge in [0.1, 0.15) is 0 Å². The molecule has 0 aliphatic heterocycles. The minimum atomic E-state index is -4.49. The van der Waals surface area contributed by atoms with Crippen molar-refractivity contribution in [3.8, 4) is 0 Å². The fraction of sp³-hybridized carbons (Fsp3) is 0.143. The molecule has 0 aliphatic rings. The van der Waals surface area contributed by atoms with Crippen molar-refractivity contribution in [1.82, 2.24) is 0 Å². The van der Waals surface area contributed by atoms with Crippen molar-refractivity contribution in [1.29, 1.82) is 0 Å². The van der Waals surface area contributed by atoms with Gasteiger partial charge in [-0.05, 0) is 0 Å². The molecular formula is C14H8F6Se2. The summed E-state index contributed by atoms with van der Waals surface area (Å²) in [6.45, 7) is 0. The molecule has 0 aromatic heterocycles. The average molecular weight is 448 g/mol. The van der Waals surface area contributed by atoms with Gasteiger partial charge in [-0.2, -0.15) is 0 Å². The van der Waals surface area contributed by atoms with Gasteiger partial charge >= 0.3 is 134 Å². The molecule has 0 nitrogen and oxygen atoms in total. The van der Waals surface area contributed by atoms with Crippen LogP contribution in [0.1, 0.15) is 11.1 Å². The molecule has 0 saturated carbocycles. The first-order valence-corrected chi connectivity index (χ1v) is 11.9. The van der Waals surface area contributed by atoms with Crippen LogP contribution >= 0.6 is 0 Å². The van der Waals surface area contributed by atoms with Gasteiger partial charge in [0.2, 0.25) is 0 Å². The third-order valence-electron chi connectivity index (χ3n) is 2.61. The Hall–Kier alpha value is -0.941. The number of rotatable bonds is 3. The van der Waals surface area contributed by atoms with Crippen LogP contribution in [-0.2, 0) is 12.4 Å². The summed E-state index contributed by atoms with van der Waals surface area (Å²) in [6, 6.07) is 10.1. The zero-order valence-electron chi connectivity index (χ0n) is 10.7. The molecule has 0 aliphatic carbocycles. The van der Waals surface area contributed by atoms with Gasteiger partial charge in [0, 0.05) is 0 Å². The predicted octanol–water partition coefficient (Wildman–Crippen LogP) is 3.00. The van der Waals surface area contributed by atoms with Crippen molar-refractivity contribution in [2.45, 2.75) is 12.4 Å². The van der Waals surface area contributed by atoms with Crippen LogP contribution in [0.25, 0.3) is 0 Å². The third-order valence-corrected chi connectivity index (χ3v) is 9.85. The summed E-state index contributed by atoms with van der Waals surface area (Å²) >= 11 is -1.36. The summed E-state index contributed by atoms with van der Waals surface area (Å²) in [5.74, 6) is 0. The second-order valence-corrected chi connectivity index (χ2v) is 10.3. The SMILES string of the molecule is FC(F)(F)c1ccccc1[Se][Se]c1ccccc1C(F)(F)F. The molecule has 0 amide bonds. The number of hydrogen-bond donors (Lipinski definition) is 0. The molecule has 22 heavy (non-hydrogen) atoms. The molecule has 2 aromatic rings. The van der Waals surface area contributed by atoms with Crippen LogP contribution in [0.5, 0.6) is 0 Å². The number of halogens is 6. The van der Waals surface area contributed by atoms with E-state index in [0.29, 0.717) is 0 Å². The Kier molecular flexibility index (Phi) is 5.28. The predicted molar refractivity (Wildman–Crippen MR) is 73.7 cm³/mol.